The first-order valence-electron chi connectivity index (χ1n) is 6.05. The van der Waals surface area contributed by atoms with Gasteiger partial charge in [-0.05, 0) is 34.1 Å². The van der Waals surface area contributed by atoms with Gasteiger partial charge in [0, 0.05) is 40.4 Å². The standard InChI is InChI=1S/C13H7BrN6S/c14-10-4-9(6-16-7-10)12-19-20-11(17-18-13(20)21-12)8-2-1-3-15-5-8/h1-7H. The second kappa shape index (κ2) is 4.97. The minimum Gasteiger partial charge on any atom is -0.264 e. The van der Waals surface area contributed by atoms with Crippen molar-refractivity contribution in [2.24, 2.45) is 0 Å². The lowest BCUT2D eigenvalue weighted by Gasteiger charge is -1.96. The molecule has 6 nitrogen and oxygen atoms in total. The maximum Gasteiger partial charge on any atom is 0.235 e. The minimum atomic E-state index is 0.684. The van der Waals surface area contributed by atoms with Gasteiger partial charge in [0.1, 0.15) is 5.01 Å². The zero-order chi connectivity index (χ0) is 14.2. The minimum absolute atomic E-state index is 0.684. The van der Waals surface area contributed by atoms with E-state index >= 15 is 0 Å². The number of nitrogens with zero attached hydrogens (tertiary/aromatic N) is 6. The van der Waals surface area contributed by atoms with Crippen LogP contribution in [0.1, 0.15) is 0 Å². The van der Waals surface area contributed by atoms with E-state index in [9.17, 15) is 0 Å². The summed E-state index contributed by atoms with van der Waals surface area (Å²) in [5.74, 6) is 0.684. The zero-order valence-corrected chi connectivity index (χ0v) is 12.9. The van der Waals surface area contributed by atoms with Crippen LogP contribution < -0.4 is 0 Å². The fourth-order valence-corrected chi connectivity index (χ4v) is 3.12. The van der Waals surface area contributed by atoms with Gasteiger partial charge in [0.15, 0.2) is 5.82 Å². The first-order valence-corrected chi connectivity index (χ1v) is 7.66. The van der Waals surface area contributed by atoms with Gasteiger partial charge < -0.3 is 0 Å². The number of rotatable bonds is 2. The average Bonchev–Trinajstić information content (AvgIpc) is 3.08. The third-order valence-electron chi connectivity index (χ3n) is 2.86. The van der Waals surface area contributed by atoms with E-state index in [4.69, 9.17) is 0 Å². The Labute approximate surface area is 131 Å². The Balaban J connectivity index is 1.87. The van der Waals surface area contributed by atoms with E-state index in [-0.39, 0.29) is 0 Å². The first kappa shape index (κ1) is 12.5. The van der Waals surface area contributed by atoms with Crippen molar-refractivity contribution in [3.8, 4) is 22.0 Å². The molecule has 0 aliphatic heterocycles. The van der Waals surface area contributed by atoms with Crippen LogP contribution in [0.3, 0.4) is 0 Å². The summed E-state index contributed by atoms with van der Waals surface area (Å²) in [5.41, 5.74) is 1.83. The van der Waals surface area contributed by atoms with E-state index < -0.39 is 0 Å². The van der Waals surface area contributed by atoms with Crippen LogP contribution in [0.2, 0.25) is 0 Å². The number of hydrogen-bond acceptors (Lipinski definition) is 6. The highest BCUT2D eigenvalue weighted by Crippen LogP contribution is 2.28. The maximum atomic E-state index is 4.58. The Bertz CT molecular complexity index is 917. The van der Waals surface area contributed by atoms with E-state index in [2.05, 4.69) is 41.2 Å². The van der Waals surface area contributed by atoms with Crippen molar-refractivity contribution in [3.63, 3.8) is 0 Å². The average molecular weight is 359 g/mol. The monoisotopic (exact) mass is 358 g/mol. The Kier molecular flexibility index (Phi) is 2.97. The fraction of sp³-hybridized carbons (Fsp3) is 0. The van der Waals surface area contributed by atoms with Gasteiger partial charge in [-0.3, -0.25) is 9.97 Å². The normalized spacial score (nSPS) is 11.1. The molecule has 0 N–H and O–H groups in total. The maximum absolute atomic E-state index is 4.58. The van der Waals surface area contributed by atoms with Crippen LogP contribution in [0.4, 0.5) is 0 Å². The molecule has 0 aliphatic rings. The first-order chi connectivity index (χ1) is 10.3. The molecule has 0 radical (unpaired) electrons. The second-order valence-corrected chi connectivity index (χ2v) is 6.13. The van der Waals surface area contributed by atoms with Crippen molar-refractivity contribution in [3.05, 3.63) is 47.5 Å². The van der Waals surface area contributed by atoms with E-state index in [1.807, 2.05) is 18.2 Å². The number of halogens is 1. The summed E-state index contributed by atoms with van der Waals surface area (Å²) in [5, 5.41) is 13.8. The van der Waals surface area contributed by atoms with E-state index in [0.717, 1.165) is 25.6 Å². The molecule has 4 aromatic rings. The van der Waals surface area contributed by atoms with Crippen molar-refractivity contribution >= 4 is 32.2 Å². The summed E-state index contributed by atoms with van der Waals surface area (Å²) in [4.78, 5) is 9.00. The largest absolute Gasteiger partial charge is 0.264 e. The molecular weight excluding hydrogens is 352 g/mol. The molecule has 0 saturated heterocycles. The number of pyridine rings is 2. The third kappa shape index (κ3) is 2.22. The highest BCUT2D eigenvalue weighted by molar-refractivity contribution is 9.10. The molecule has 0 unspecified atom stereocenters. The number of hydrogen-bond donors (Lipinski definition) is 0. The molecule has 0 atom stereocenters. The van der Waals surface area contributed by atoms with Gasteiger partial charge in [-0.2, -0.15) is 9.61 Å². The summed E-state index contributed by atoms with van der Waals surface area (Å²) in [6.45, 7) is 0. The summed E-state index contributed by atoms with van der Waals surface area (Å²) < 4.78 is 2.65. The Morgan fingerprint density at radius 3 is 2.76 bits per heavy atom. The molecule has 0 fully saturated rings. The molecule has 0 saturated carbocycles. The van der Waals surface area contributed by atoms with Crippen LogP contribution in [0, 0.1) is 0 Å². The van der Waals surface area contributed by atoms with E-state index in [0.29, 0.717) is 5.82 Å². The summed E-state index contributed by atoms with van der Waals surface area (Å²) in [6, 6.07) is 5.77. The van der Waals surface area contributed by atoms with Crippen LogP contribution in [0.5, 0.6) is 0 Å². The van der Waals surface area contributed by atoms with Gasteiger partial charge in [-0.1, -0.05) is 11.3 Å². The van der Waals surface area contributed by atoms with Crippen molar-refractivity contribution in [1.29, 1.82) is 0 Å². The number of aromatic nitrogens is 6. The topological polar surface area (TPSA) is 68.9 Å². The zero-order valence-electron chi connectivity index (χ0n) is 10.5. The molecule has 0 spiro atoms. The lowest BCUT2D eigenvalue weighted by molar-refractivity contribution is 0.968. The van der Waals surface area contributed by atoms with Gasteiger partial charge in [0.25, 0.3) is 0 Å². The molecule has 0 amide bonds. The lowest BCUT2D eigenvalue weighted by atomic mass is 10.3. The van der Waals surface area contributed by atoms with Gasteiger partial charge in [0.2, 0.25) is 4.96 Å². The quantitative estimate of drug-likeness (QED) is 0.550. The fourth-order valence-electron chi connectivity index (χ4n) is 1.94. The van der Waals surface area contributed by atoms with Crippen molar-refractivity contribution < 1.29 is 0 Å². The highest BCUT2D eigenvalue weighted by Gasteiger charge is 2.14. The molecule has 102 valence electrons. The van der Waals surface area contributed by atoms with E-state index in [1.165, 1.54) is 11.3 Å². The molecule has 0 aromatic carbocycles. The molecule has 4 heterocycles. The van der Waals surface area contributed by atoms with E-state index in [1.54, 1.807) is 29.3 Å². The van der Waals surface area contributed by atoms with Crippen molar-refractivity contribution in [2.45, 2.75) is 0 Å². The molecule has 8 heteroatoms. The molecule has 0 bridgehead atoms. The second-order valence-electron chi connectivity index (χ2n) is 4.26. The SMILES string of the molecule is Brc1cncc(-c2nn3c(-c4cccnc4)nnc3s2)c1. The van der Waals surface area contributed by atoms with Crippen LogP contribution in [-0.2, 0) is 0 Å². The molecular formula is C13H7BrN6S. The molecule has 0 aliphatic carbocycles. The summed E-state index contributed by atoms with van der Waals surface area (Å²) in [7, 11) is 0. The van der Waals surface area contributed by atoms with Crippen LogP contribution >= 0.6 is 27.3 Å². The smallest absolute Gasteiger partial charge is 0.235 e. The number of fused-ring (bicyclic) bond motifs is 1. The Morgan fingerprint density at radius 1 is 1.05 bits per heavy atom. The Morgan fingerprint density at radius 2 is 1.95 bits per heavy atom. The third-order valence-corrected chi connectivity index (χ3v) is 4.24. The molecule has 21 heavy (non-hydrogen) atoms. The van der Waals surface area contributed by atoms with Gasteiger partial charge in [0.05, 0.1) is 0 Å². The predicted molar refractivity (Wildman–Crippen MR) is 82.8 cm³/mol. The van der Waals surface area contributed by atoms with Crippen LogP contribution in [-0.4, -0.2) is 29.8 Å². The summed E-state index contributed by atoms with van der Waals surface area (Å²) >= 11 is 4.89. The van der Waals surface area contributed by atoms with Crippen molar-refractivity contribution in [2.75, 3.05) is 0 Å². The van der Waals surface area contributed by atoms with Gasteiger partial charge >= 0.3 is 0 Å². The van der Waals surface area contributed by atoms with Crippen molar-refractivity contribution in [1.82, 2.24) is 29.8 Å². The van der Waals surface area contributed by atoms with Crippen LogP contribution in [0.15, 0.2) is 47.5 Å². The van der Waals surface area contributed by atoms with Gasteiger partial charge in [-0.25, -0.2) is 0 Å². The lowest BCUT2D eigenvalue weighted by Crippen LogP contribution is -1.91. The van der Waals surface area contributed by atoms with Crippen LogP contribution in [0.25, 0.3) is 26.9 Å². The molecule has 4 aromatic heterocycles. The molecule has 4 rings (SSSR count). The summed E-state index contributed by atoms with van der Waals surface area (Å²) in [6.07, 6.45) is 6.99. The van der Waals surface area contributed by atoms with Gasteiger partial charge in [-0.15, -0.1) is 10.2 Å². The highest BCUT2D eigenvalue weighted by atomic mass is 79.9. The predicted octanol–water partition coefficient (Wildman–Crippen LogP) is 3.07. The Hall–Kier alpha value is -2.19.